The van der Waals surface area contributed by atoms with Gasteiger partial charge in [-0.1, -0.05) is 0 Å². The molecule has 1 aliphatic heterocycles. The van der Waals surface area contributed by atoms with Crippen LogP contribution in [0.1, 0.15) is 54.7 Å². The highest BCUT2D eigenvalue weighted by Gasteiger charge is 2.32. The van der Waals surface area contributed by atoms with Crippen molar-refractivity contribution in [1.29, 1.82) is 0 Å². The minimum absolute atomic E-state index is 0.0415. The minimum atomic E-state index is -3.80. The molecule has 0 radical (unpaired) electrons. The van der Waals surface area contributed by atoms with Crippen LogP contribution in [0.4, 0.5) is 0 Å². The third-order valence-corrected chi connectivity index (χ3v) is 6.66. The van der Waals surface area contributed by atoms with Gasteiger partial charge in [0.05, 0.1) is 6.04 Å². The van der Waals surface area contributed by atoms with Gasteiger partial charge in [-0.15, -0.1) is 11.3 Å². The van der Waals surface area contributed by atoms with E-state index in [-0.39, 0.29) is 22.8 Å². The number of furan rings is 1. The van der Waals surface area contributed by atoms with Crippen molar-refractivity contribution >= 4 is 27.3 Å². The van der Waals surface area contributed by atoms with Gasteiger partial charge in [0.25, 0.3) is 15.9 Å². The molecule has 8 heteroatoms. The molecule has 0 spiro atoms. The summed E-state index contributed by atoms with van der Waals surface area (Å²) in [6, 6.07) is 4.73. The molecule has 0 bridgehead atoms. The van der Waals surface area contributed by atoms with E-state index >= 15 is 0 Å². The lowest BCUT2D eigenvalue weighted by Crippen LogP contribution is -2.40. The normalized spacial score (nSPS) is 18.2. The van der Waals surface area contributed by atoms with E-state index in [1.54, 1.807) is 37.0 Å². The number of nitrogens with zero attached hydrogens (tertiary/aromatic N) is 1. The second-order valence-corrected chi connectivity index (χ2v) is 9.81. The van der Waals surface area contributed by atoms with Gasteiger partial charge in [-0.3, -0.25) is 4.79 Å². The van der Waals surface area contributed by atoms with Crippen LogP contribution >= 0.6 is 11.3 Å². The van der Waals surface area contributed by atoms with Crippen molar-refractivity contribution in [2.75, 3.05) is 6.54 Å². The second kappa shape index (κ2) is 6.26. The van der Waals surface area contributed by atoms with Gasteiger partial charge in [0, 0.05) is 17.0 Å². The van der Waals surface area contributed by atoms with Crippen molar-refractivity contribution in [1.82, 2.24) is 9.62 Å². The van der Waals surface area contributed by atoms with E-state index in [1.807, 2.05) is 18.4 Å². The number of carbonyl (C=O) groups is 1. The first-order valence-electron chi connectivity index (χ1n) is 8.09. The van der Waals surface area contributed by atoms with Crippen molar-refractivity contribution in [3.63, 3.8) is 0 Å². The fourth-order valence-corrected chi connectivity index (χ4v) is 5.28. The Balaban J connectivity index is 1.82. The standard InChI is InChI=1S/C17H22N2O4S2/c1-11-12-8-10-24-14(12)7-9-19(11)16(20)13-5-6-15(23-13)25(21,22)18-17(2,3)4/h5-6,8,10-11,18H,7,9H2,1-4H3/t11-/m1/s1. The number of rotatable bonds is 3. The lowest BCUT2D eigenvalue weighted by molar-refractivity contribution is 0.0640. The zero-order chi connectivity index (χ0) is 18.4. The van der Waals surface area contributed by atoms with E-state index < -0.39 is 15.6 Å². The van der Waals surface area contributed by atoms with Crippen molar-refractivity contribution in [3.05, 3.63) is 39.8 Å². The molecule has 0 saturated carbocycles. The SMILES string of the molecule is C[C@@H]1c2ccsc2CCN1C(=O)c1ccc(S(=O)(=O)NC(C)(C)C)o1. The van der Waals surface area contributed by atoms with Crippen molar-refractivity contribution in [2.45, 2.75) is 50.8 Å². The molecule has 0 aromatic carbocycles. The first-order valence-corrected chi connectivity index (χ1v) is 10.5. The first kappa shape index (κ1) is 18.2. The van der Waals surface area contributed by atoms with Crippen molar-refractivity contribution in [3.8, 4) is 0 Å². The molecule has 0 saturated heterocycles. The van der Waals surface area contributed by atoms with Gasteiger partial charge in [-0.05, 0) is 63.3 Å². The quantitative estimate of drug-likeness (QED) is 0.884. The molecule has 2 aromatic rings. The average molecular weight is 383 g/mol. The largest absolute Gasteiger partial charge is 0.438 e. The Morgan fingerprint density at radius 3 is 2.72 bits per heavy atom. The van der Waals surface area contributed by atoms with Crippen LogP contribution in [0.5, 0.6) is 0 Å². The molecule has 0 aliphatic carbocycles. The molecule has 1 N–H and O–H groups in total. The summed E-state index contributed by atoms with van der Waals surface area (Å²) < 4.78 is 32.6. The molecule has 136 valence electrons. The van der Waals surface area contributed by atoms with E-state index in [9.17, 15) is 13.2 Å². The maximum Gasteiger partial charge on any atom is 0.290 e. The minimum Gasteiger partial charge on any atom is -0.438 e. The maximum absolute atomic E-state index is 12.8. The fraction of sp³-hybridized carbons (Fsp3) is 0.471. The summed E-state index contributed by atoms with van der Waals surface area (Å²) in [5.41, 5.74) is 0.519. The number of carbonyl (C=O) groups excluding carboxylic acids is 1. The number of hydrogen-bond acceptors (Lipinski definition) is 5. The number of fused-ring (bicyclic) bond motifs is 1. The molecular weight excluding hydrogens is 360 g/mol. The molecule has 2 aromatic heterocycles. The average Bonchev–Trinajstić information content (AvgIpc) is 3.14. The highest BCUT2D eigenvalue weighted by atomic mass is 32.2. The van der Waals surface area contributed by atoms with E-state index in [0.29, 0.717) is 6.54 Å². The Morgan fingerprint density at radius 1 is 1.32 bits per heavy atom. The Morgan fingerprint density at radius 2 is 2.04 bits per heavy atom. The number of nitrogens with one attached hydrogen (secondary N) is 1. The molecule has 3 heterocycles. The van der Waals surface area contributed by atoms with Gasteiger partial charge < -0.3 is 9.32 Å². The maximum atomic E-state index is 12.8. The van der Waals surface area contributed by atoms with Crippen LogP contribution in [0.25, 0.3) is 0 Å². The molecule has 1 aliphatic rings. The Labute approximate surface area is 151 Å². The molecular formula is C17H22N2O4S2. The Bertz CT molecular complexity index is 890. The van der Waals surface area contributed by atoms with Crippen LogP contribution in [0, 0.1) is 0 Å². The summed E-state index contributed by atoms with van der Waals surface area (Å²) in [6.45, 7) is 7.80. The van der Waals surface area contributed by atoms with E-state index in [1.165, 1.54) is 17.0 Å². The monoisotopic (exact) mass is 382 g/mol. The van der Waals surface area contributed by atoms with Crippen LogP contribution in [0.2, 0.25) is 0 Å². The van der Waals surface area contributed by atoms with Gasteiger partial charge >= 0.3 is 0 Å². The predicted molar refractivity (Wildman–Crippen MR) is 96.3 cm³/mol. The van der Waals surface area contributed by atoms with Gasteiger partial charge in [-0.25, -0.2) is 13.1 Å². The summed E-state index contributed by atoms with van der Waals surface area (Å²) in [4.78, 5) is 15.8. The number of thiophene rings is 1. The fourth-order valence-electron chi connectivity index (χ4n) is 2.96. The lowest BCUT2D eigenvalue weighted by atomic mass is 10.0. The third-order valence-electron chi connectivity index (χ3n) is 4.04. The van der Waals surface area contributed by atoms with Crippen LogP contribution in [0.3, 0.4) is 0 Å². The van der Waals surface area contributed by atoms with E-state index in [4.69, 9.17) is 4.42 Å². The molecule has 3 rings (SSSR count). The highest BCUT2D eigenvalue weighted by Crippen LogP contribution is 2.34. The molecule has 6 nitrogen and oxygen atoms in total. The zero-order valence-electron chi connectivity index (χ0n) is 14.7. The van der Waals surface area contributed by atoms with Crippen molar-refractivity contribution < 1.29 is 17.6 Å². The van der Waals surface area contributed by atoms with Crippen LogP contribution < -0.4 is 4.72 Å². The van der Waals surface area contributed by atoms with Gasteiger partial charge in [0.15, 0.2) is 5.76 Å². The molecule has 25 heavy (non-hydrogen) atoms. The highest BCUT2D eigenvalue weighted by molar-refractivity contribution is 7.89. The molecule has 1 atom stereocenters. The summed E-state index contributed by atoms with van der Waals surface area (Å²) in [5.74, 6) is -0.249. The Hall–Kier alpha value is -1.64. The van der Waals surface area contributed by atoms with E-state index in [0.717, 1.165) is 12.0 Å². The van der Waals surface area contributed by atoms with Crippen molar-refractivity contribution in [2.24, 2.45) is 0 Å². The van der Waals surface area contributed by atoms with Crippen LogP contribution in [0.15, 0.2) is 33.1 Å². The number of hydrogen-bond donors (Lipinski definition) is 1. The van der Waals surface area contributed by atoms with Crippen LogP contribution in [-0.4, -0.2) is 31.3 Å². The molecule has 0 unspecified atom stereocenters. The number of amides is 1. The van der Waals surface area contributed by atoms with E-state index in [2.05, 4.69) is 4.72 Å². The number of sulfonamides is 1. The van der Waals surface area contributed by atoms with Gasteiger partial charge in [0.2, 0.25) is 5.09 Å². The van der Waals surface area contributed by atoms with Gasteiger partial charge in [0.1, 0.15) is 0 Å². The van der Waals surface area contributed by atoms with Crippen LogP contribution in [-0.2, 0) is 16.4 Å². The summed E-state index contributed by atoms with van der Waals surface area (Å²) in [7, 11) is -3.80. The zero-order valence-corrected chi connectivity index (χ0v) is 16.3. The topological polar surface area (TPSA) is 79.6 Å². The summed E-state index contributed by atoms with van der Waals surface area (Å²) >= 11 is 1.70. The Kier molecular flexibility index (Phi) is 4.55. The molecule has 1 amide bonds. The summed E-state index contributed by atoms with van der Waals surface area (Å²) in [5, 5.41) is 1.79. The van der Waals surface area contributed by atoms with Gasteiger partial charge in [-0.2, -0.15) is 0 Å². The predicted octanol–water partition coefficient (Wildman–Crippen LogP) is 3.18. The third kappa shape index (κ3) is 3.65. The smallest absolute Gasteiger partial charge is 0.290 e. The first-order chi connectivity index (χ1) is 11.6. The second-order valence-electron chi connectivity index (χ2n) is 7.20. The molecule has 0 fully saturated rings. The summed E-state index contributed by atoms with van der Waals surface area (Å²) in [6.07, 6.45) is 0.806. The lowest BCUT2D eigenvalue weighted by Gasteiger charge is -2.33.